The molecule has 250 valence electrons. The Morgan fingerprint density at radius 3 is 1.30 bits per heavy atom. The van der Waals surface area contributed by atoms with Crippen molar-refractivity contribution < 1.29 is 19.2 Å². The zero-order chi connectivity index (χ0) is 34.7. The third-order valence-electron chi connectivity index (χ3n) is 12.2. The van der Waals surface area contributed by atoms with Gasteiger partial charge in [0, 0.05) is 24.2 Å². The molecular formula is C44H40N2O4. The molecule has 5 aromatic rings. The summed E-state index contributed by atoms with van der Waals surface area (Å²) in [5.74, 6) is -0.832. The van der Waals surface area contributed by atoms with Gasteiger partial charge in [0.2, 0.25) is 11.8 Å². The number of benzene rings is 5. The van der Waals surface area contributed by atoms with Crippen molar-refractivity contribution in [2.75, 3.05) is 13.1 Å². The van der Waals surface area contributed by atoms with Gasteiger partial charge >= 0.3 is 0 Å². The number of rotatable bonds is 8. The van der Waals surface area contributed by atoms with Gasteiger partial charge in [-0.15, -0.1) is 0 Å². The summed E-state index contributed by atoms with van der Waals surface area (Å²) in [4.78, 5) is 61.1. The van der Waals surface area contributed by atoms with E-state index in [9.17, 15) is 19.2 Å². The van der Waals surface area contributed by atoms with Crippen LogP contribution in [0.15, 0.2) is 72.8 Å². The molecule has 0 unspecified atom stereocenters. The van der Waals surface area contributed by atoms with Crippen LogP contribution >= 0.6 is 0 Å². The van der Waals surface area contributed by atoms with Gasteiger partial charge in [-0.25, -0.2) is 0 Å². The minimum absolute atomic E-state index is 0.178. The lowest BCUT2D eigenvalue weighted by atomic mass is 9.59. The smallest absolute Gasteiger partial charge is 0.260 e. The maximum Gasteiger partial charge on any atom is 0.260 e. The molecule has 2 aliphatic carbocycles. The van der Waals surface area contributed by atoms with Gasteiger partial charge in [0.1, 0.15) is 0 Å². The van der Waals surface area contributed by atoms with Crippen molar-refractivity contribution in [3.8, 4) is 22.3 Å². The Hall–Kier alpha value is -5.10. The van der Waals surface area contributed by atoms with Crippen LogP contribution in [0.1, 0.15) is 109 Å². The lowest BCUT2D eigenvalue weighted by Crippen LogP contribution is -2.55. The molecule has 0 spiro atoms. The number of amides is 4. The van der Waals surface area contributed by atoms with Crippen molar-refractivity contribution in [2.24, 2.45) is 0 Å². The molecule has 50 heavy (non-hydrogen) atoms. The first-order valence-corrected chi connectivity index (χ1v) is 18.2. The van der Waals surface area contributed by atoms with E-state index in [0.717, 1.165) is 105 Å². The Morgan fingerprint density at radius 1 is 0.500 bits per heavy atom. The monoisotopic (exact) mass is 660 g/mol. The second-order valence-electron chi connectivity index (χ2n) is 14.9. The molecule has 2 atom stereocenters. The van der Waals surface area contributed by atoms with Gasteiger partial charge in [0.05, 0.1) is 10.8 Å². The van der Waals surface area contributed by atoms with Gasteiger partial charge in [-0.05, 0) is 105 Å². The quantitative estimate of drug-likeness (QED) is 0.0947. The summed E-state index contributed by atoms with van der Waals surface area (Å²) in [6.07, 6.45) is 5.41. The highest BCUT2D eigenvalue weighted by Crippen LogP contribution is 2.61. The molecule has 0 fully saturated rings. The molecule has 0 bridgehead atoms. The van der Waals surface area contributed by atoms with Gasteiger partial charge in [-0.3, -0.25) is 29.0 Å². The minimum atomic E-state index is -1.07. The predicted molar refractivity (Wildman–Crippen MR) is 196 cm³/mol. The van der Waals surface area contributed by atoms with E-state index in [4.69, 9.17) is 0 Å². The fourth-order valence-electron chi connectivity index (χ4n) is 9.81. The molecule has 5 aromatic carbocycles. The van der Waals surface area contributed by atoms with Crippen LogP contribution in [-0.2, 0) is 20.4 Å². The highest BCUT2D eigenvalue weighted by atomic mass is 16.2. The summed E-state index contributed by atoms with van der Waals surface area (Å²) in [7, 11) is 0. The molecule has 9 rings (SSSR count). The molecule has 4 aliphatic rings. The van der Waals surface area contributed by atoms with Crippen LogP contribution in [0.25, 0.3) is 43.8 Å². The first kappa shape index (κ1) is 30.9. The average molecular weight is 661 g/mol. The SMILES string of the molecule is CCCCCN1C(=O)c2ccc3c4c5c6c(ccc5c5c3c2[C@@](C)(C1=O)c1ccccc1-5)C(=O)N(CCCCC)C(=O)[C@]6(C)c1ccccc1-4. The average Bonchev–Trinajstić information content (AvgIpc) is 3.13. The minimum Gasteiger partial charge on any atom is -0.277 e. The van der Waals surface area contributed by atoms with Crippen LogP contribution in [0.2, 0.25) is 0 Å². The summed E-state index contributed by atoms with van der Waals surface area (Å²) in [6, 6.07) is 24.1. The van der Waals surface area contributed by atoms with Crippen LogP contribution < -0.4 is 0 Å². The lowest BCUT2D eigenvalue weighted by Gasteiger charge is -2.47. The molecular weight excluding hydrogens is 620 g/mol. The van der Waals surface area contributed by atoms with Crippen LogP contribution in [-0.4, -0.2) is 46.5 Å². The highest BCUT2D eigenvalue weighted by molar-refractivity contribution is 6.32. The van der Waals surface area contributed by atoms with E-state index in [-0.39, 0.29) is 23.6 Å². The van der Waals surface area contributed by atoms with Crippen molar-refractivity contribution in [3.05, 3.63) is 106 Å². The molecule has 2 aliphatic heterocycles. The Labute approximate surface area is 292 Å². The number of carbonyl (C=O) groups is 4. The number of hydrogen-bond acceptors (Lipinski definition) is 4. The fraction of sp³-hybridized carbons (Fsp3) is 0.318. The lowest BCUT2D eigenvalue weighted by molar-refractivity contribution is -0.134. The Morgan fingerprint density at radius 2 is 0.900 bits per heavy atom. The van der Waals surface area contributed by atoms with Gasteiger partial charge in [0.25, 0.3) is 11.8 Å². The third kappa shape index (κ3) is 3.59. The summed E-state index contributed by atoms with van der Waals surface area (Å²) < 4.78 is 0. The number of hydrogen-bond donors (Lipinski definition) is 0. The van der Waals surface area contributed by atoms with Crippen LogP contribution in [0.3, 0.4) is 0 Å². The molecule has 0 N–H and O–H groups in total. The van der Waals surface area contributed by atoms with Gasteiger partial charge in [-0.2, -0.15) is 0 Å². The summed E-state index contributed by atoms with van der Waals surface area (Å²) in [5.41, 5.74) is 6.09. The number of imide groups is 2. The Kier molecular flexibility index (Phi) is 6.62. The summed E-state index contributed by atoms with van der Waals surface area (Å²) in [6.45, 7) is 9.01. The number of fused-ring (bicyclic) bond motifs is 8. The Bertz CT molecular complexity index is 2220. The van der Waals surface area contributed by atoms with Crippen molar-refractivity contribution in [2.45, 2.75) is 77.0 Å². The van der Waals surface area contributed by atoms with E-state index in [1.54, 1.807) is 0 Å². The number of unbranched alkanes of at least 4 members (excludes halogenated alkanes) is 4. The van der Waals surface area contributed by atoms with E-state index in [0.29, 0.717) is 24.2 Å². The highest BCUT2D eigenvalue weighted by Gasteiger charge is 2.56. The van der Waals surface area contributed by atoms with E-state index >= 15 is 0 Å². The van der Waals surface area contributed by atoms with Crippen LogP contribution in [0.4, 0.5) is 0 Å². The third-order valence-corrected chi connectivity index (χ3v) is 12.2. The van der Waals surface area contributed by atoms with Crippen molar-refractivity contribution in [1.82, 2.24) is 9.80 Å². The topological polar surface area (TPSA) is 74.8 Å². The number of nitrogens with zero attached hydrogens (tertiary/aromatic N) is 2. The second-order valence-corrected chi connectivity index (χ2v) is 14.9. The van der Waals surface area contributed by atoms with E-state index < -0.39 is 10.8 Å². The molecule has 6 heteroatoms. The first-order valence-electron chi connectivity index (χ1n) is 18.2. The maximum atomic E-state index is 14.8. The molecule has 6 nitrogen and oxygen atoms in total. The summed E-state index contributed by atoms with van der Waals surface area (Å²) in [5, 5.41) is 3.68. The second kappa shape index (κ2) is 10.7. The van der Waals surface area contributed by atoms with Gasteiger partial charge in [0.15, 0.2) is 0 Å². The predicted octanol–water partition coefficient (Wildman–Crippen LogP) is 8.91. The largest absolute Gasteiger partial charge is 0.277 e. The fourth-order valence-corrected chi connectivity index (χ4v) is 9.81. The van der Waals surface area contributed by atoms with E-state index in [1.165, 1.54) is 9.80 Å². The van der Waals surface area contributed by atoms with Gasteiger partial charge in [-0.1, -0.05) is 100 Å². The number of carbonyl (C=O) groups excluding carboxylic acids is 4. The zero-order valence-electron chi connectivity index (χ0n) is 29.1. The maximum absolute atomic E-state index is 14.8. The molecule has 4 amide bonds. The summed E-state index contributed by atoms with van der Waals surface area (Å²) >= 11 is 0. The molecule has 0 saturated carbocycles. The van der Waals surface area contributed by atoms with E-state index in [2.05, 4.69) is 26.0 Å². The van der Waals surface area contributed by atoms with Crippen molar-refractivity contribution >= 4 is 45.2 Å². The molecule has 2 heterocycles. The zero-order valence-corrected chi connectivity index (χ0v) is 29.1. The standard InChI is InChI=1S/C44H40N2O4/c1-5-7-13-23-45-39(47)29-21-19-27-34-26-16-10-12-18-32(26)44(4)38-30(40(48)46(42(44)50)24-14-8-6-2)22-20-28(36(34)38)33-25-15-9-11-17-31(25)43(3,41(45)49)37(29)35(27)33/h9-12,15-22H,5-8,13-14,23-24H2,1-4H3/t43-,44+. The van der Waals surface area contributed by atoms with E-state index in [1.807, 2.05) is 74.5 Å². The normalized spacial score (nSPS) is 21.3. The Balaban J connectivity index is 1.44. The molecule has 0 radical (unpaired) electrons. The molecule has 0 aromatic heterocycles. The van der Waals surface area contributed by atoms with Gasteiger partial charge < -0.3 is 0 Å². The van der Waals surface area contributed by atoms with Crippen LogP contribution in [0, 0.1) is 0 Å². The molecule has 0 saturated heterocycles. The van der Waals surface area contributed by atoms with Crippen molar-refractivity contribution in [1.29, 1.82) is 0 Å². The van der Waals surface area contributed by atoms with Crippen molar-refractivity contribution in [3.63, 3.8) is 0 Å². The first-order chi connectivity index (χ1) is 24.2. The van der Waals surface area contributed by atoms with Crippen LogP contribution in [0.5, 0.6) is 0 Å².